The standard InChI is InChI=1S/C21H30N4O2/c22-21(9-4-1-5-10-21)20(27)24-14-12-23(13-15-24)16-19(26)25-11-8-17-6-2-3-7-18(17)25/h2-3,6-7H,1,4-5,8-16,22H2. The van der Waals surface area contributed by atoms with Crippen LogP contribution in [-0.2, 0) is 16.0 Å². The van der Waals surface area contributed by atoms with Crippen molar-refractivity contribution in [3.8, 4) is 0 Å². The third-order valence-electron chi connectivity index (χ3n) is 6.38. The first kappa shape index (κ1) is 18.4. The lowest BCUT2D eigenvalue weighted by Crippen LogP contribution is -2.60. The molecule has 1 aromatic rings. The molecule has 0 unspecified atom stereocenters. The van der Waals surface area contributed by atoms with Gasteiger partial charge in [0.25, 0.3) is 0 Å². The van der Waals surface area contributed by atoms with Crippen LogP contribution in [0, 0.1) is 0 Å². The summed E-state index contributed by atoms with van der Waals surface area (Å²) in [7, 11) is 0. The third kappa shape index (κ3) is 3.73. The molecule has 0 radical (unpaired) electrons. The molecule has 1 saturated carbocycles. The Morgan fingerprint density at radius 3 is 2.41 bits per heavy atom. The Morgan fingerprint density at radius 1 is 0.963 bits per heavy atom. The Bertz CT molecular complexity index is 706. The lowest BCUT2D eigenvalue weighted by atomic mass is 9.81. The summed E-state index contributed by atoms with van der Waals surface area (Å²) in [6, 6.07) is 8.14. The first-order chi connectivity index (χ1) is 13.1. The van der Waals surface area contributed by atoms with Crippen LogP contribution in [0.3, 0.4) is 0 Å². The summed E-state index contributed by atoms with van der Waals surface area (Å²) in [6.45, 7) is 4.01. The molecule has 6 heteroatoms. The number of nitrogens with zero attached hydrogens (tertiary/aromatic N) is 3. The number of nitrogens with two attached hydrogens (primary N) is 1. The Labute approximate surface area is 161 Å². The van der Waals surface area contributed by atoms with E-state index in [-0.39, 0.29) is 11.8 Å². The molecular formula is C21H30N4O2. The molecule has 2 fully saturated rings. The highest BCUT2D eigenvalue weighted by atomic mass is 16.2. The first-order valence-electron chi connectivity index (χ1n) is 10.3. The second kappa shape index (κ2) is 7.60. The molecule has 1 saturated heterocycles. The van der Waals surface area contributed by atoms with Gasteiger partial charge in [-0.25, -0.2) is 0 Å². The summed E-state index contributed by atoms with van der Waals surface area (Å²) in [5.74, 6) is 0.268. The summed E-state index contributed by atoms with van der Waals surface area (Å²) >= 11 is 0. The van der Waals surface area contributed by atoms with Gasteiger partial charge in [0.1, 0.15) is 0 Å². The van der Waals surface area contributed by atoms with E-state index < -0.39 is 5.54 Å². The number of fused-ring (bicyclic) bond motifs is 1. The van der Waals surface area contributed by atoms with E-state index in [0.29, 0.717) is 19.6 Å². The molecule has 1 aromatic carbocycles. The van der Waals surface area contributed by atoms with Crippen molar-refractivity contribution in [1.82, 2.24) is 9.80 Å². The maximum atomic E-state index is 12.9. The van der Waals surface area contributed by atoms with Gasteiger partial charge < -0.3 is 15.5 Å². The van der Waals surface area contributed by atoms with Crippen molar-refractivity contribution < 1.29 is 9.59 Å². The van der Waals surface area contributed by atoms with Gasteiger partial charge >= 0.3 is 0 Å². The van der Waals surface area contributed by atoms with Crippen molar-refractivity contribution in [3.63, 3.8) is 0 Å². The molecule has 2 aliphatic heterocycles. The van der Waals surface area contributed by atoms with Gasteiger partial charge in [-0.15, -0.1) is 0 Å². The molecule has 1 aliphatic carbocycles. The lowest BCUT2D eigenvalue weighted by Gasteiger charge is -2.41. The van der Waals surface area contributed by atoms with Gasteiger partial charge in [0.2, 0.25) is 11.8 Å². The first-order valence-corrected chi connectivity index (χ1v) is 10.3. The van der Waals surface area contributed by atoms with Crippen LogP contribution in [-0.4, -0.2) is 66.4 Å². The number of piperazine rings is 1. The number of hydrogen-bond donors (Lipinski definition) is 1. The number of hydrogen-bond acceptors (Lipinski definition) is 4. The van der Waals surface area contributed by atoms with E-state index in [1.807, 2.05) is 28.0 Å². The zero-order valence-electron chi connectivity index (χ0n) is 16.0. The van der Waals surface area contributed by atoms with E-state index >= 15 is 0 Å². The number of anilines is 1. The summed E-state index contributed by atoms with van der Waals surface area (Å²) < 4.78 is 0. The molecule has 0 bridgehead atoms. The van der Waals surface area contributed by atoms with E-state index in [0.717, 1.165) is 57.4 Å². The minimum absolute atomic E-state index is 0.113. The monoisotopic (exact) mass is 370 g/mol. The molecule has 146 valence electrons. The van der Waals surface area contributed by atoms with Crippen LogP contribution in [0.15, 0.2) is 24.3 Å². The number of rotatable bonds is 3. The van der Waals surface area contributed by atoms with Gasteiger partial charge in [-0.2, -0.15) is 0 Å². The van der Waals surface area contributed by atoms with E-state index in [1.54, 1.807) is 0 Å². The number of carbonyl (C=O) groups is 2. The number of carbonyl (C=O) groups excluding carboxylic acids is 2. The normalized spacial score (nSPS) is 22.6. The molecule has 0 aromatic heterocycles. The summed E-state index contributed by atoms with van der Waals surface area (Å²) in [5, 5.41) is 0. The Kier molecular flexibility index (Phi) is 5.19. The number of amides is 2. The second-order valence-corrected chi connectivity index (χ2v) is 8.21. The average molecular weight is 370 g/mol. The second-order valence-electron chi connectivity index (χ2n) is 8.21. The van der Waals surface area contributed by atoms with Crippen LogP contribution >= 0.6 is 0 Å². The maximum absolute atomic E-state index is 12.9. The van der Waals surface area contributed by atoms with Gasteiger partial charge in [-0.1, -0.05) is 37.5 Å². The van der Waals surface area contributed by atoms with E-state index in [9.17, 15) is 9.59 Å². The summed E-state index contributed by atoms with van der Waals surface area (Å²) in [6.07, 6.45) is 5.82. The van der Waals surface area contributed by atoms with Gasteiger partial charge in [-0.3, -0.25) is 14.5 Å². The van der Waals surface area contributed by atoms with Crippen molar-refractivity contribution >= 4 is 17.5 Å². The summed E-state index contributed by atoms with van der Waals surface area (Å²) in [4.78, 5) is 31.6. The molecule has 2 N–H and O–H groups in total. The predicted molar refractivity (Wildman–Crippen MR) is 106 cm³/mol. The highest BCUT2D eigenvalue weighted by Gasteiger charge is 2.39. The molecule has 4 rings (SSSR count). The largest absolute Gasteiger partial charge is 0.339 e. The average Bonchev–Trinajstić information content (AvgIpc) is 3.13. The van der Waals surface area contributed by atoms with E-state index in [4.69, 9.17) is 5.73 Å². The van der Waals surface area contributed by atoms with Crippen molar-refractivity contribution in [2.75, 3.05) is 44.2 Å². The molecular weight excluding hydrogens is 340 g/mol. The van der Waals surface area contributed by atoms with Crippen LogP contribution in [0.2, 0.25) is 0 Å². The molecule has 2 amide bonds. The van der Waals surface area contributed by atoms with Crippen molar-refractivity contribution in [3.05, 3.63) is 29.8 Å². The number of benzene rings is 1. The fraction of sp³-hybridized carbons (Fsp3) is 0.619. The van der Waals surface area contributed by atoms with Crippen LogP contribution in [0.25, 0.3) is 0 Å². The van der Waals surface area contributed by atoms with Crippen LogP contribution in [0.1, 0.15) is 37.7 Å². The minimum Gasteiger partial charge on any atom is -0.339 e. The van der Waals surface area contributed by atoms with Crippen LogP contribution in [0.5, 0.6) is 0 Å². The van der Waals surface area contributed by atoms with Crippen molar-refractivity contribution in [2.24, 2.45) is 5.73 Å². The van der Waals surface area contributed by atoms with Crippen LogP contribution in [0.4, 0.5) is 5.69 Å². The molecule has 27 heavy (non-hydrogen) atoms. The van der Waals surface area contributed by atoms with Gasteiger partial charge in [0.05, 0.1) is 12.1 Å². The highest BCUT2D eigenvalue weighted by molar-refractivity contribution is 5.96. The lowest BCUT2D eigenvalue weighted by molar-refractivity contribution is -0.140. The fourth-order valence-corrected chi connectivity index (χ4v) is 4.69. The van der Waals surface area contributed by atoms with E-state index in [2.05, 4.69) is 11.0 Å². The SMILES string of the molecule is NC1(C(=O)N2CCN(CC(=O)N3CCc4ccccc43)CC2)CCCCC1. The van der Waals surface area contributed by atoms with Crippen molar-refractivity contribution in [1.29, 1.82) is 0 Å². The number of para-hydroxylation sites is 1. The Morgan fingerprint density at radius 2 is 1.67 bits per heavy atom. The minimum atomic E-state index is -0.657. The molecule has 0 spiro atoms. The molecule has 0 atom stereocenters. The Hall–Kier alpha value is -1.92. The third-order valence-corrected chi connectivity index (χ3v) is 6.38. The topological polar surface area (TPSA) is 69.9 Å². The van der Waals surface area contributed by atoms with Crippen molar-refractivity contribution in [2.45, 2.75) is 44.1 Å². The van der Waals surface area contributed by atoms with Crippen LogP contribution < -0.4 is 10.6 Å². The molecule has 6 nitrogen and oxygen atoms in total. The van der Waals surface area contributed by atoms with Gasteiger partial charge in [0, 0.05) is 38.4 Å². The zero-order chi connectivity index (χ0) is 18.9. The van der Waals surface area contributed by atoms with E-state index in [1.165, 1.54) is 12.0 Å². The molecule has 2 heterocycles. The van der Waals surface area contributed by atoms with Gasteiger partial charge in [0.15, 0.2) is 0 Å². The Balaban J connectivity index is 1.30. The smallest absolute Gasteiger partial charge is 0.242 e. The predicted octanol–water partition coefficient (Wildman–Crippen LogP) is 1.38. The zero-order valence-corrected chi connectivity index (χ0v) is 16.0. The summed E-state index contributed by atoms with van der Waals surface area (Å²) in [5.41, 5.74) is 8.06. The molecule has 3 aliphatic rings. The maximum Gasteiger partial charge on any atom is 0.242 e. The fourth-order valence-electron chi connectivity index (χ4n) is 4.69. The quantitative estimate of drug-likeness (QED) is 0.873. The highest BCUT2D eigenvalue weighted by Crippen LogP contribution is 2.29. The van der Waals surface area contributed by atoms with Gasteiger partial charge in [-0.05, 0) is 30.9 Å².